The molecule has 0 amide bonds. The van der Waals surface area contributed by atoms with Crippen molar-refractivity contribution in [3.8, 4) is 11.3 Å². The molecule has 2 aromatic rings. The van der Waals surface area contributed by atoms with Crippen LogP contribution in [0.2, 0.25) is 0 Å². The van der Waals surface area contributed by atoms with Crippen molar-refractivity contribution in [2.45, 2.75) is 6.92 Å². The molecule has 3 nitrogen and oxygen atoms in total. The molecule has 0 radical (unpaired) electrons. The minimum atomic E-state index is 0.913. The van der Waals surface area contributed by atoms with Crippen molar-refractivity contribution in [2.24, 2.45) is 0 Å². The topological polar surface area (TPSA) is 31.9 Å². The van der Waals surface area contributed by atoms with Gasteiger partial charge in [0, 0.05) is 19.7 Å². The second-order valence-corrected chi connectivity index (χ2v) is 4.79. The van der Waals surface area contributed by atoms with Crippen molar-refractivity contribution in [3.05, 3.63) is 34.3 Å². The fourth-order valence-corrected chi connectivity index (χ4v) is 2.29. The minimum Gasteiger partial charge on any atom is -0.360 e. The number of H-pyrrole nitrogens is 1. The third-order valence-corrected chi connectivity index (χ3v) is 3.20. The van der Waals surface area contributed by atoms with Gasteiger partial charge in [-0.3, -0.25) is 5.10 Å². The number of hydrogen-bond acceptors (Lipinski definition) is 2. The summed E-state index contributed by atoms with van der Waals surface area (Å²) in [7, 11) is 3.94. The Hall–Kier alpha value is -1.29. The molecular weight excluding hydrogens is 266 g/mol. The highest BCUT2D eigenvalue weighted by Crippen LogP contribution is 2.32. The Morgan fingerprint density at radius 3 is 2.31 bits per heavy atom. The Balaban J connectivity index is 2.45. The number of rotatable bonds is 2. The highest BCUT2D eigenvalue weighted by Gasteiger charge is 2.13. The highest BCUT2D eigenvalue weighted by molar-refractivity contribution is 9.10. The van der Waals surface area contributed by atoms with E-state index in [1.165, 1.54) is 5.56 Å². The van der Waals surface area contributed by atoms with Gasteiger partial charge in [-0.25, -0.2) is 0 Å². The third-order valence-electron chi connectivity index (χ3n) is 2.45. The number of aromatic nitrogens is 2. The van der Waals surface area contributed by atoms with Crippen molar-refractivity contribution < 1.29 is 0 Å². The highest BCUT2D eigenvalue weighted by atomic mass is 79.9. The van der Waals surface area contributed by atoms with Gasteiger partial charge in [0.15, 0.2) is 5.82 Å². The number of nitrogens with zero attached hydrogens (tertiary/aromatic N) is 2. The fourth-order valence-electron chi connectivity index (χ4n) is 1.53. The van der Waals surface area contributed by atoms with Crippen molar-refractivity contribution in [3.63, 3.8) is 0 Å². The molecule has 1 aromatic carbocycles. The molecule has 0 saturated heterocycles. The number of halogens is 1. The van der Waals surface area contributed by atoms with Crippen molar-refractivity contribution >= 4 is 21.7 Å². The van der Waals surface area contributed by atoms with Gasteiger partial charge in [-0.2, -0.15) is 5.10 Å². The number of nitrogens with one attached hydrogen (secondary N) is 1. The first-order chi connectivity index (χ1) is 7.59. The van der Waals surface area contributed by atoms with Crippen LogP contribution in [0.25, 0.3) is 11.3 Å². The molecule has 0 aliphatic carbocycles. The van der Waals surface area contributed by atoms with E-state index in [4.69, 9.17) is 0 Å². The maximum absolute atomic E-state index is 4.27. The molecule has 2 rings (SSSR count). The van der Waals surface area contributed by atoms with Gasteiger partial charge in [-0.1, -0.05) is 29.8 Å². The van der Waals surface area contributed by atoms with Gasteiger partial charge in [-0.15, -0.1) is 0 Å². The lowest BCUT2D eigenvalue weighted by Gasteiger charge is -2.08. The van der Waals surface area contributed by atoms with E-state index < -0.39 is 0 Å². The van der Waals surface area contributed by atoms with Crippen LogP contribution >= 0.6 is 15.9 Å². The molecule has 0 unspecified atom stereocenters. The van der Waals surface area contributed by atoms with E-state index in [2.05, 4.69) is 57.3 Å². The summed E-state index contributed by atoms with van der Waals surface area (Å²) in [5.41, 5.74) is 3.41. The number of hydrogen-bond donors (Lipinski definition) is 1. The lowest BCUT2D eigenvalue weighted by atomic mass is 10.1. The Kier molecular flexibility index (Phi) is 3.01. The fraction of sp³-hybridized carbons (Fsp3) is 0.250. The Bertz CT molecular complexity index is 485. The standard InChI is InChI=1S/C12H14BrN3/c1-8-4-6-9(7-5-8)11-10(13)12(15-14-11)16(2)3/h4-7H,1-3H3,(H,14,15). The molecule has 84 valence electrons. The molecule has 1 N–H and O–H groups in total. The van der Waals surface area contributed by atoms with Gasteiger partial charge >= 0.3 is 0 Å². The zero-order chi connectivity index (χ0) is 11.7. The first-order valence-corrected chi connectivity index (χ1v) is 5.87. The van der Waals surface area contributed by atoms with E-state index in [0.717, 1.165) is 21.5 Å². The van der Waals surface area contributed by atoms with Crippen molar-refractivity contribution in [1.29, 1.82) is 0 Å². The van der Waals surface area contributed by atoms with E-state index in [-0.39, 0.29) is 0 Å². The van der Waals surface area contributed by atoms with Crippen LogP contribution in [0.4, 0.5) is 5.82 Å². The van der Waals surface area contributed by atoms with Gasteiger partial charge in [-0.05, 0) is 22.9 Å². The largest absolute Gasteiger partial charge is 0.360 e. The van der Waals surface area contributed by atoms with E-state index in [9.17, 15) is 0 Å². The summed E-state index contributed by atoms with van der Waals surface area (Å²) in [6.45, 7) is 2.08. The van der Waals surface area contributed by atoms with E-state index in [0.29, 0.717) is 0 Å². The van der Waals surface area contributed by atoms with Crippen LogP contribution in [-0.4, -0.2) is 24.3 Å². The van der Waals surface area contributed by atoms with Gasteiger partial charge in [0.2, 0.25) is 0 Å². The summed E-state index contributed by atoms with van der Waals surface area (Å²) in [6.07, 6.45) is 0. The van der Waals surface area contributed by atoms with Crippen molar-refractivity contribution in [2.75, 3.05) is 19.0 Å². The van der Waals surface area contributed by atoms with E-state index in [1.54, 1.807) is 0 Å². The Morgan fingerprint density at radius 1 is 1.19 bits per heavy atom. The summed E-state index contributed by atoms with van der Waals surface area (Å²) in [5.74, 6) is 0.913. The minimum absolute atomic E-state index is 0.913. The van der Waals surface area contributed by atoms with Gasteiger partial charge in [0.1, 0.15) is 0 Å². The second kappa shape index (κ2) is 4.29. The predicted molar refractivity (Wildman–Crippen MR) is 70.8 cm³/mol. The molecule has 1 aromatic heterocycles. The van der Waals surface area contributed by atoms with Crippen LogP contribution in [0.3, 0.4) is 0 Å². The number of benzene rings is 1. The molecule has 1 heterocycles. The first kappa shape index (κ1) is 11.2. The predicted octanol–water partition coefficient (Wildman–Crippen LogP) is 3.21. The van der Waals surface area contributed by atoms with Crippen LogP contribution in [0.15, 0.2) is 28.7 Å². The molecule has 0 spiro atoms. The number of aromatic amines is 1. The van der Waals surface area contributed by atoms with Gasteiger partial charge < -0.3 is 4.90 Å². The maximum Gasteiger partial charge on any atom is 0.164 e. The lowest BCUT2D eigenvalue weighted by Crippen LogP contribution is -2.09. The van der Waals surface area contributed by atoms with Crippen LogP contribution in [-0.2, 0) is 0 Å². The molecular formula is C12H14BrN3. The molecule has 16 heavy (non-hydrogen) atoms. The van der Waals surface area contributed by atoms with E-state index >= 15 is 0 Å². The third kappa shape index (κ3) is 1.97. The molecule has 0 aliphatic rings. The quantitative estimate of drug-likeness (QED) is 0.916. The molecule has 0 atom stereocenters. The zero-order valence-electron chi connectivity index (χ0n) is 9.58. The molecule has 0 saturated carbocycles. The first-order valence-electron chi connectivity index (χ1n) is 5.08. The summed E-state index contributed by atoms with van der Waals surface area (Å²) in [6, 6.07) is 8.37. The summed E-state index contributed by atoms with van der Waals surface area (Å²) in [5, 5.41) is 7.32. The lowest BCUT2D eigenvalue weighted by molar-refractivity contribution is 1.01. The maximum atomic E-state index is 4.27. The van der Waals surface area contributed by atoms with Crippen LogP contribution in [0.5, 0.6) is 0 Å². The zero-order valence-corrected chi connectivity index (χ0v) is 11.2. The van der Waals surface area contributed by atoms with Gasteiger partial charge in [0.05, 0.1) is 10.2 Å². The van der Waals surface area contributed by atoms with Crippen LogP contribution in [0, 0.1) is 6.92 Å². The Labute approximate surface area is 104 Å². The summed E-state index contributed by atoms with van der Waals surface area (Å²) in [4.78, 5) is 1.97. The van der Waals surface area contributed by atoms with Gasteiger partial charge in [0.25, 0.3) is 0 Å². The number of anilines is 1. The molecule has 0 bridgehead atoms. The summed E-state index contributed by atoms with van der Waals surface area (Å²) >= 11 is 3.57. The summed E-state index contributed by atoms with van der Waals surface area (Å²) < 4.78 is 1.00. The second-order valence-electron chi connectivity index (χ2n) is 4.00. The van der Waals surface area contributed by atoms with Crippen LogP contribution in [0.1, 0.15) is 5.56 Å². The average Bonchev–Trinajstić information content (AvgIpc) is 2.61. The number of aryl methyl sites for hydroxylation is 1. The normalized spacial score (nSPS) is 10.5. The molecule has 0 aliphatic heterocycles. The molecule has 0 fully saturated rings. The SMILES string of the molecule is Cc1ccc(-c2[nH]nc(N(C)C)c2Br)cc1. The molecule has 4 heteroatoms. The Morgan fingerprint density at radius 2 is 1.81 bits per heavy atom. The van der Waals surface area contributed by atoms with Crippen molar-refractivity contribution in [1.82, 2.24) is 10.2 Å². The smallest absolute Gasteiger partial charge is 0.164 e. The van der Waals surface area contributed by atoms with E-state index in [1.807, 2.05) is 19.0 Å². The van der Waals surface area contributed by atoms with Crippen LogP contribution < -0.4 is 4.90 Å². The monoisotopic (exact) mass is 279 g/mol. The average molecular weight is 280 g/mol.